The predicted molar refractivity (Wildman–Crippen MR) is 83.8 cm³/mol. The van der Waals surface area contributed by atoms with Crippen LogP contribution >= 0.6 is 11.6 Å². The van der Waals surface area contributed by atoms with E-state index in [0.717, 1.165) is 6.07 Å². The molecule has 1 saturated heterocycles. The van der Waals surface area contributed by atoms with Crippen molar-refractivity contribution in [1.29, 1.82) is 0 Å². The predicted octanol–water partition coefficient (Wildman–Crippen LogP) is 2.48. The molecule has 1 aliphatic rings. The molecule has 5 nitrogen and oxygen atoms in total. The first kappa shape index (κ1) is 17.2. The van der Waals surface area contributed by atoms with Gasteiger partial charge in [0.05, 0.1) is 16.5 Å². The maximum absolute atomic E-state index is 13.3. The van der Waals surface area contributed by atoms with Gasteiger partial charge in [0.2, 0.25) is 15.9 Å². The first-order chi connectivity index (χ1) is 10.2. The molecule has 1 aromatic carbocycles. The Morgan fingerprint density at radius 1 is 1.41 bits per heavy atom. The molecule has 8 heteroatoms. The topological polar surface area (TPSA) is 66.5 Å². The number of halogens is 2. The molecule has 1 fully saturated rings. The van der Waals surface area contributed by atoms with Gasteiger partial charge in [-0.1, -0.05) is 25.4 Å². The van der Waals surface area contributed by atoms with Crippen molar-refractivity contribution in [2.45, 2.75) is 26.3 Å². The average Bonchev–Trinajstić information content (AvgIpc) is 2.74. The second kappa shape index (κ2) is 6.52. The molecule has 1 amide bonds. The molecular formula is C14H18ClFN2O3S. The van der Waals surface area contributed by atoms with Crippen LogP contribution in [0.25, 0.3) is 0 Å². The number of nitrogens with one attached hydrogen (secondary N) is 1. The molecule has 1 atom stereocenters. The Bertz CT molecular complexity index is 679. The zero-order valence-electron chi connectivity index (χ0n) is 12.3. The third-order valence-electron chi connectivity index (χ3n) is 3.53. The number of anilines is 1. The molecule has 0 saturated carbocycles. The molecule has 1 aromatic rings. The Morgan fingerprint density at radius 2 is 2.09 bits per heavy atom. The summed E-state index contributed by atoms with van der Waals surface area (Å²) in [4.78, 5) is 12.5. The largest absolute Gasteiger partial charge is 0.323 e. The van der Waals surface area contributed by atoms with E-state index in [2.05, 4.69) is 5.32 Å². The van der Waals surface area contributed by atoms with E-state index < -0.39 is 27.8 Å². The van der Waals surface area contributed by atoms with Gasteiger partial charge in [0, 0.05) is 6.54 Å². The van der Waals surface area contributed by atoms with Crippen LogP contribution in [0.1, 0.15) is 20.3 Å². The monoisotopic (exact) mass is 348 g/mol. The number of nitrogens with zero attached hydrogens (tertiary/aromatic N) is 1. The summed E-state index contributed by atoms with van der Waals surface area (Å²) in [6, 6.07) is 2.79. The highest BCUT2D eigenvalue weighted by Gasteiger charge is 2.40. The van der Waals surface area contributed by atoms with E-state index in [0.29, 0.717) is 13.0 Å². The molecule has 0 spiro atoms. The second-order valence-corrected chi connectivity index (χ2v) is 8.03. The van der Waals surface area contributed by atoms with Crippen LogP contribution in [0.3, 0.4) is 0 Å². The Kier molecular flexibility index (Phi) is 5.09. The summed E-state index contributed by atoms with van der Waals surface area (Å²) in [6.45, 7) is 3.85. The molecule has 1 aliphatic heterocycles. The van der Waals surface area contributed by atoms with Crippen LogP contribution < -0.4 is 5.32 Å². The smallest absolute Gasteiger partial charge is 0.243 e. The highest BCUT2D eigenvalue weighted by molar-refractivity contribution is 7.89. The Hall–Kier alpha value is -1.18. The van der Waals surface area contributed by atoms with Gasteiger partial charge >= 0.3 is 0 Å². The van der Waals surface area contributed by atoms with Crippen molar-refractivity contribution in [2.75, 3.05) is 17.6 Å². The van der Waals surface area contributed by atoms with Crippen LogP contribution in [0, 0.1) is 11.7 Å². The van der Waals surface area contributed by atoms with Crippen LogP contribution in [0.5, 0.6) is 0 Å². The molecule has 0 bridgehead atoms. The van der Waals surface area contributed by atoms with Crippen molar-refractivity contribution >= 4 is 33.2 Å². The quantitative estimate of drug-likeness (QED) is 0.909. The van der Waals surface area contributed by atoms with Gasteiger partial charge in [0.25, 0.3) is 0 Å². The molecule has 2 rings (SSSR count). The van der Waals surface area contributed by atoms with Gasteiger partial charge in [0.15, 0.2) is 0 Å². The molecule has 0 aliphatic carbocycles. The van der Waals surface area contributed by atoms with E-state index in [1.165, 1.54) is 16.4 Å². The van der Waals surface area contributed by atoms with E-state index in [-0.39, 0.29) is 22.4 Å². The molecule has 0 aromatic heterocycles. The van der Waals surface area contributed by atoms with Gasteiger partial charge < -0.3 is 5.32 Å². The third-order valence-corrected chi connectivity index (χ3v) is 5.79. The van der Waals surface area contributed by atoms with Crippen molar-refractivity contribution < 1.29 is 17.6 Å². The van der Waals surface area contributed by atoms with Crippen molar-refractivity contribution in [3.63, 3.8) is 0 Å². The fraction of sp³-hybridized carbons (Fsp3) is 0.500. The van der Waals surface area contributed by atoms with Crippen molar-refractivity contribution in [3.8, 4) is 0 Å². The number of amides is 1. The summed E-state index contributed by atoms with van der Waals surface area (Å²) in [6.07, 6.45) is 0.500. The van der Waals surface area contributed by atoms with Gasteiger partial charge in [-0.15, -0.1) is 0 Å². The first-order valence-electron chi connectivity index (χ1n) is 6.98. The summed E-state index contributed by atoms with van der Waals surface area (Å²) >= 11 is 5.93. The van der Waals surface area contributed by atoms with Crippen LogP contribution in [-0.4, -0.2) is 37.0 Å². The Balaban J connectivity index is 2.26. The molecular weight excluding hydrogens is 331 g/mol. The Labute approximate surface area is 134 Å². The summed E-state index contributed by atoms with van der Waals surface area (Å²) in [5, 5.41) is 2.73. The molecule has 1 heterocycles. The minimum atomic E-state index is -3.42. The normalized spacial score (nSPS) is 19.3. The second-order valence-electron chi connectivity index (χ2n) is 5.58. The summed E-state index contributed by atoms with van der Waals surface area (Å²) in [7, 11) is -3.42. The molecule has 1 unspecified atom stereocenters. The number of carbonyl (C=O) groups is 1. The van der Waals surface area contributed by atoms with E-state index in [1.807, 2.05) is 0 Å². The number of sulfonamides is 1. The summed E-state index contributed by atoms with van der Waals surface area (Å²) in [5.41, 5.74) is 0.133. The van der Waals surface area contributed by atoms with Gasteiger partial charge in [-0.3, -0.25) is 4.79 Å². The summed E-state index contributed by atoms with van der Waals surface area (Å²) < 4.78 is 38.6. The Morgan fingerprint density at radius 3 is 2.64 bits per heavy atom. The van der Waals surface area contributed by atoms with Gasteiger partial charge in [-0.05, 0) is 30.5 Å². The standard InChI is InChI=1S/C14H18ClFN2O3S/c1-9(2)13(18-6-3-7-22(18,20)21)14(19)17-12-8-10(16)4-5-11(12)15/h4-5,8-9,13H,3,6-7H2,1-2H3,(H,17,19). The lowest BCUT2D eigenvalue weighted by Crippen LogP contribution is -2.48. The van der Waals surface area contributed by atoms with Crippen LogP contribution in [0.2, 0.25) is 5.02 Å². The van der Waals surface area contributed by atoms with Crippen molar-refractivity contribution in [3.05, 3.63) is 29.0 Å². The van der Waals surface area contributed by atoms with Gasteiger partial charge in [-0.2, -0.15) is 4.31 Å². The molecule has 1 N–H and O–H groups in total. The maximum atomic E-state index is 13.3. The first-order valence-corrected chi connectivity index (χ1v) is 8.96. The van der Waals surface area contributed by atoms with Crippen LogP contribution in [0.4, 0.5) is 10.1 Å². The average molecular weight is 349 g/mol. The number of hydrogen-bond donors (Lipinski definition) is 1. The fourth-order valence-electron chi connectivity index (χ4n) is 2.54. The minimum Gasteiger partial charge on any atom is -0.323 e. The third kappa shape index (κ3) is 3.59. The summed E-state index contributed by atoms with van der Waals surface area (Å²) in [5.74, 6) is -1.22. The lowest BCUT2D eigenvalue weighted by molar-refractivity contribution is -0.120. The van der Waals surface area contributed by atoms with E-state index >= 15 is 0 Å². The zero-order chi connectivity index (χ0) is 16.5. The zero-order valence-corrected chi connectivity index (χ0v) is 13.9. The SMILES string of the molecule is CC(C)C(C(=O)Nc1cc(F)ccc1Cl)N1CCCS1(=O)=O. The lowest BCUT2D eigenvalue weighted by atomic mass is 10.0. The van der Waals surface area contributed by atoms with Crippen molar-refractivity contribution in [2.24, 2.45) is 5.92 Å². The van der Waals surface area contributed by atoms with E-state index in [1.54, 1.807) is 13.8 Å². The van der Waals surface area contributed by atoms with Gasteiger partial charge in [0.1, 0.15) is 11.9 Å². The molecule has 0 radical (unpaired) electrons. The number of hydrogen-bond acceptors (Lipinski definition) is 3. The number of rotatable bonds is 4. The lowest BCUT2D eigenvalue weighted by Gasteiger charge is -2.28. The van der Waals surface area contributed by atoms with Gasteiger partial charge in [-0.25, -0.2) is 12.8 Å². The fourth-order valence-corrected chi connectivity index (χ4v) is 4.52. The number of carbonyl (C=O) groups excluding carboxylic acids is 1. The maximum Gasteiger partial charge on any atom is 0.243 e. The van der Waals surface area contributed by atoms with E-state index in [9.17, 15) is 17.6 Å². The van der Waals surface area contributed by atoms with E-state index in [4.69, 9.17) is 11.6 Å². The molecule has 22 heavy (non-hydrogen) atoms. The highest BCUT2D eigenvalue weighted by Crippen LogP contribution is 2.26. The number of benzene rings is 1. The van der Waals surface area contributed by atoms with Crippen molar-refractivity contribution in [1.82, 2.24) is 4.31 Å². The van der Waals surface area contributed by atoms with Crippen LogP contribution in [-0.2, 0) is 14.8 Å². The molecule has 122 valence electrons. The minimum absolute atomic E-state index is 0.0459. The van der Waals surface area contributed by atoms with Crippen LogP contribution in [0.15, 0.2) is 18.2 Å². The highest BCUT2D eigenvalue weighted by atomic mass is 35.5.